The molecule has 0 saturated heterocycles. The number of benzene rings is 1. The van der Waals surface area contributed by atoms with Crippen molar-refractivity contribution in [2.75, 3.05) is 0 Å². The van der Waals surface area contributed by atoms with Crippen molar-refractivity contribution in [3.05, 3.63) is 94.5 Å². The maximum absolute atomic E-state index is 3.11. The van der Waals surface area contributed by atoms with Gasteiger partial charge in [-0.25, -0.2) is 0 Å². The van der Waals surface area contributed by atoms with Gasteiger partial charge in [0.15, 0.2) is 0 Å². The van der Waals surface area contributed by atoms with Crippen LogP contribution >= 0.6 is 0 Å². The molecule has 0 heteroatoms. The Morgan fingerprint density at radius 2 is 1.05 bits per heavy atom. The van der Waals surface area contributed by atoms with Gasteiger partial charge in [-0.1, -0.05) is 35.8 Å². The van der Waals surface area contributed by atoms with Crippen LogP contribution in [0.4, 0.5) is 0 Å². The summed E-state index contributed by atoms with van der Waals surface area (Å²) in [5.41, 5.74) is 9.90. The van der Waals surface area contributed by atoms with Gasteiger partial charge in [0, 0.05) is 11.1 Å². The van der Waals surface area contributed by atoms with E-state index in [0.717, 1.165) is 22.3 Å². The Balaban J connectivity index is 1.75. The van der Waals surface area contributed by atoms with Crippen molar-refractivity contribution in [1.29, 1.82) is 0 Å². The van der Waals surface area contributed by atoms with Crippen LogP contribution in [0.5, 0.6) is 0 Å². The van der Waals surface area contributed by atoms with E-state index in [2.05, 4.69) is 35.1 Å². The molecule has 0 bridgehead atoms. The number of hydrogen-bond acceptors (Lipinski definition) is 0. The van der Waals surface area contributed by atoms with Crippen molar-refractivity contribution in [2.45, 2.75) is 0 Å². The first-order valence-corrected chi connectivity index (χ1v) is 6.31. The van der Waals surface area contributed by atoms with E-state index in [1.54, 1.807) is 0 Å². The maximum Gasteiger partial charge on any atom is 0.0667 e. The fourth-order valence-electron chi connectivity index (χ4n) is 1.73. The molecule has 0 N–H and O–H groups in total. The van der Waals surface area contributed by atoms with E-state index in [9.17, 15) is 0 Å². The highest BCUT2D eigenvalue weighted by atomic mass is 13.9. The monoisotopic (exact) mass is 250 g/mol. The van der Waals surface area contributed by atoms with Gasteiger partial charge in [-0.2, -0.15) is 0 Å². The first kappa shape index (κ1) is 11.9. The van der Waals surface area contributed by atoms with Gasteiger partial charge in [0.1, 0.15) is 0 Å². The number of rotatable bonds is 0. The highest BCUT2D eigenvalue weighted by Gasteiger charge is 1.91. The quantitative estimate of drug-likeness (QED) is 0.486. The van der Waals surface area contributed by atoms with Crippen LogP contribution in [0.1, 0.15) is 11.1 Å². The summed E-state index contributed by atoms with van der Waals surface area (Å²) in [7, 11) is 0. The Morgan fingerprint density at radius 1 is 0.600 bits per heavy atom. The van der Waals surface area contributed by atoms with Crippen LogP contribution in [-0.2, 0) is 0 Å². The van der Waals surface area contributed by atoms with Gasteiger partial charge in [0.25, 0.3) is 0 Å². The fraction of sp³-hybridized carbons (Fsp3) is 0. The lowest BCUT2D eigenvalue weighted by atomic mass is 10.1. The maximum atomic E-state index is 3.11. The Bertz CT molecular complexity index is 773. The van der Waals surface area contributed by atoms with E-state index < -0.39 is 0 Å². The molecule has 20 heavy (non-hydrogen) atoms. The first-order chi connectivity index (χ1) is 9.90. The van der Waals surface area contributed by atoms with Gasteiger partial charge in [-0.05, 0) is 48.6 Å². The van der Waals surface area contributed by atoms with Crippen molar-refractivity contribution < 1.29 is 0 Å². The van der Waals surface area contributed by atoms with Crippen LogP contribution in [0.2, 0.25) is 0 Å². The first-order valence-electron chi connectivity index (χ1n) is 6.31. The minimum Gasteiger partial charge on any atom is -0.104 e. The summed E-state index contributed by atoms with van der Waals surface area (Å²) in [6.45, 7) is 0. The summed E-state index contributed by atoms with van der Waals surface area (Å²) < 4.78 is 0. The Kier molecular flexibility index (Phi) is 3.38. The number of allylic oxidation sites excluding steroid dienone is 6. The van der Waals surface area contributed by atoms with E-state index in [1.165, 1.54) is 0 Å². The van der Waals surface area contributed by atoms with E-state index in [-0.39, 0.29) is 0 Å². The van der Waals surface area contributed by atoms with E-state index in [4.69, 9.17) is 0 Å². The molecule has 0 saturated carbocycles. The second-order valence-corrected chi connectivity index (χ2v) is 4.24. The lowest BCUT2D eigenvalue weighted by Gasteiger charge is -1.91. The lowest BCUT2D eigenvalue weighted by Crippen LogP contribution is -1.78. The molecule has 0 fully saturated rings. The summed E-state index contributed by atoms with van der Waals surface area (Å²) in [5, 5.41) is 0. The second-order valence-electron chi connectivity index (χ2n) is 4.24. The van der Waals surface area contributed by atoms with Crippen LogP contribution in [-0.4, -0.2) is 0 Å². The van der Waals surface area contributed by atoms with Crippen LogP contribution in [0.15, 0.2) is 83.3 Å². The standard InChI is InChI=1S/C20H10/c1-2-6-17(5-1)9-11-19-13-15-20(16-14-19)12-10-18-7-3-4-8-18/h1-5,7,13-16H. The third-order valence-electron chi connectivity index (χ3n) is 2.76. The summed E-state index contributed by atoms with van der Waals surface area (Å²) in [4.78, 5) is 0. The molecule has 0 nitrogen and oxygen atoms in total. The molecule has 0 heterocycles. The SMILES string of the molecule is C1=CC=CC=1C#Cc1ccc(C#CC2=C=CC=C2)cc1. The molecule has 1 aromatic carbocycles. The van der Waals surface area contributed by atoms with Gasteiger partial charge in [0.2, 0.25) is 0 Å². The number of hydrogen-bond donors (Lipinski definition) is 0. The zero-order chi connectivity index (χ0) is 13.6. The molecule has 0 amide bonds. The van der Waals surface area contributed by atoms with E-state index >= 15 is 0 Å². The molecular formula is C20H10. The van der Waals surface area contributed by atoms with Gasteiger partial charge in [-0.15, -0.1) is 11.5 Å². The molecule has 1 aromatic rings. The molecule has 3 rings (SSSR count). The predicted octanol–water partition coefficient (Wildman–Crippen LogP) is 3.69. The highest BCUT2D eigenvalue weighted by molar-refractivity contribution is 5.51. The fourth-order valence-corrected chi connectivity index (χ4v) is 1.73. The normalized spacial score (nSPS) is 13.4. The third-order valence-corrected chi connectivity index (χ3v) is 2.76. The summed E-state index contributed by atoms with van der Waals surface area (Å²) >= 11 is 0. The average molecular weight is 250 g/mol. The summed E-state index contributed by atoms with van der Waals surface area (Å²) in [6, 6.07) is 7.92. The van der Waals surface area contributed by atoms with Crippen LogP contribution < -0.4 is 0 Å². The molecule has 0 atom stereocenters. The molecule has 90 valence electrons. The Morgan fingerprint density at radius 3 is 1.40 bits per heavy atom. The average Bonchev–Trinajstić information content (AvgIpc) is 3.17. The molecular weight excluding hydrogens is 240 g/mol. The van der Waals surface area contributed by atoms with Crippen molar-refractivity contribution in [2.24, 2.45) is 0 Å². The van der Waals surface area contributed by atoms with Crippen molar-refractivity contribution in [3.63, 3.8) is 0 Å². The minimum atomic E-state index is 0.917. The summed E-state index contributed by atoms with van der Waals surface area (Å²) in [5.74, 6) is 12.4. The molecule has 0 spiro atoms. The van der Waals surface area contributed by atoms with Gasteiger partial charge >= 0.3 is 0 Å². The molecule has 0 aliphatic heterocycles. The second kappa shape index (κ2) is 5.67. The minimum absolute atomic E-state index is 0.917. The van der Waals surface area contributed by atoms with Gasteiger partial charge in [-0.3, -0.25) is 0 Å². The smallest absolute Gasteiger partial charge is 0.0667 e. The Labute approximate surface area is 118 Å². The Hall–Kier alpha value is -3.14. The molecule has 0 radical (unpaired) electrons. The van der Waals surface area contributed by atoms with Crippen LogP contribution in [0.3, 0.4) is 0 Å². The summed E-state index contributed by atoms with van der Waals surface area (Å²) in [6.07, 6.45) is 11.5. The van der Waals surface area contributed by atoms with Gasteiger partial charge in [0.05, 0.1) is 11.1 Å². The van der Waals surface area contributed by atoms with Crippen molar-refractivity contribution in [3.8, 4) is 23.7 Å². The van der Waals surface area contributed by atoms with E-state index in [0.29, 0.717) is 0 Å². The topological polar surface area (TPSA) is 0 Å². The lowest BCUT2D eigenvalue weighted by molar-refractivity contribution is 1.60. The van der Waals surface area contributed by atoms with E-state index in [1.807, 2.05) is 60.7 Å². The molecule has 2 aliphatic rings. The highest BCUT2D eigenvalue weighted by Crippen LogP contribution is 2.05. The zero-order valence-electron chi connectivity index (χ0n) is 10.8. The van der Waals surface area contributed by atoms with Crippen molar-refractivity contribution in [1.82, 2.24) is 0 Å². The van der Waals surface area contributed by atoms with Gasteiger partial charge < -0.3 is 0 Å². The molecule has 0 unspecified atom stereocenters. The molecule has 2 aliphatic carbocycles. The van der Waals surface area contributed by atoms with Crippen LogP contribution in [0, 0.1) is 23.7 Å². The van der Waals surface area contributed by atoms with Crippen LogP contribution in [0.25, 0.3) is 0 Å². The zero-order valence-corrected chi connectivity index (χ0v) is 10.8. The largest absolute Gasteiger partial charge is 0.104 e. The predicted molar refractivity (Wildman–Crippen MR) is 81.7 cm³/mol. The third kappa shape index (κ3) is 3.00. The van der Waals surface area contributed by atoms with Crippen molar-refractivity contribution >= 4 is 0 Å². The molecule has 0 aromatic heterocycles.